The third kappa shape index (κ3) is 4.51. The Hall–Kier alpha value is -2.45. The van der Waals surface area contributed by atoms with Crippen LogP contribution < -0.4 is 16.2 Å². The van der Waals surface area contributed by atoms with E-state index in [0.717, 1.165) is 10.4 Å². The molecule has 3 N–H and O–H groups in total. The molecule has 2 aromatic rings. The minimum Gasteiger partial charge on any atom is -0.465 e. The van der Waals surface area contributed by atoms with Gasteiger partial charge in [-0.15, -0.1) is 11.3 Å². The smallest absolute Gasteiger partial charge is 0.340 e. The lowest BCUT2D eigenvalue weighted by Gasteiger charge is -2.09. The lowest BCUT2D eigenvalue weighted by Crippen LogP contribution is -2.42. The number of hydrogen-bond acceptors (Lipinski definition) is 5. The molecule has 0 aliphatic heterocycles. The summed E-state index contributed by atoms with van der Waals surface area (Å²) in [7, 11) is 1.32. The molecule has 0 atom stereocenters. The van der Waals surface area contributed by atoms with E-state index >= 15 is 0 Å². The highest BCUT2D eigenvalue weighted by molar-refractivity contribution is 7.80. The van der Waals surface area contributed by atoms with Crippen LogP contribution in [0.4, 0.5) is 5.00 Å². The normalized spacial score (nSPS) is 9.83. The van der Waals surface area contributed by atoms with E-state index < -0.39 is 5.97 Å². The van der Waals surface area contributed by atoms with Crippen molar-refractivity contribution < 1.29 is 14.3 Å². The number of thiophene rings is 1. The lowest BCUT2D eigenvalue weighted by molar-refractivity contribution is -0.119. The number of hydrogen-bond donors (Lipinski definition) is 3. The van der Waals surface area contributed by atoms with Gasteiger partial charge in [-0.3, -0.25) is 15.6 Å². The van der Waals surface area contributed by atoms with E-state index in [-0.39, 0.29) is 11.0 Å². The largest absolute Gasteiger partial charge is 0.465 e. The average molecular weight is 349 g/mol. The first kappa shape index (κ1) is 16.9. The van der Waals surface area contributed by atoms with Crippen LogP contribution in [0.1, 0.15) is 17.3 Å². The van der Waals surface area contributed by atoms with E-state index in [1.54, 1.807) is 6.07 Å². The summed E-state index contributed by atoms with van der Waals surface area (Å²) in [5.74, 6) is -0.744. The van der Waals surface area contributed by atoms with E-state index in [1.807, 2.05) is 30.3 Å². The van der Waals surface area contributed by atoms with Gasteiger partial charge in [-0.1, -0.05) is 30.3 Å². The van der Waals surface area contributed by atoms with Crippen molar-refractivity contribution in [2.75, 3.05) is 12.4 Å². The fourth-order valence-corrected chi connectivity index (χ4v) is 3.04. The summed E-state index contributed by atoms with van der Waals surface area (Å²) in [5.41, 5.74) is 6.26. The maximum Gasteiger partial charge on any atom is 0.340 e. The number of esters is 1. The molecule has 0 bridgehead atoms. The topological polar surface area (TPSA) is 79.5 Å². The zero-order valence-corrected chi connectivity index (χ0v) is 14.1. The molecule has 1 aromatic carbocycles. The molecule has 2 rings (SSSR count). The van der Waals surface area contributed by atoms with Gasteiger partial charge in [0.25, 0.3) is 0 Å². The summed E-state index contributed by atoms with van der Waals surface area (Å²) in [6, 6.07) is 11.4. The molecule has 0 unspecified atom stereocenters. The Balaban J connectivity index is 2.26. The number of hydrazine groups is 1. The molecule has 0 aliphatic rings. The van der Waals surface area contributed by atoms with Crippen molar-refractivity contribution in [3.05, 3.63) is 42.0 Å². The highest BCUT2D eigenvalue weighted by Gasteiger charge is 2.18. The molecule has 1 heterocycles. The Labute approximate surface area is 142 Å². The second-order valence-electron chi connectivity index (χ2n) is 4.47. The summed E-state index contributed by atoms with van der Waals surface area (Å²) in [5, 5.41) is 3.61. The summed E-state index contributed by atoms with van der Waals surface area (Å²) in [4.78, 5) is 23.7. The molecular formula is C15H15N3O3S2. The second-order valence-corrected chi connectivity index (χ2v) is 5.93. The molecule has 0 fully saturated rings. The van der Waals surface area contributed by atoms with Gasteiger partial charge in [0.15, 0.2) is 5.11 Å². The first-order valence-electron chi connectivity index (χ1n) is 6.62. The quantitative estimate of drug-likeness (QED) is 0.449. The standard InChI is InChI=1S/C15H15N3O3S2/c1-9(19)17-18-15(22)16-13-11(14(20)21-2)8-12(23-13)10-6-4-3-5-7-10/h3-8H,1-2H3,(H,17,19)(H2,16,18,22). The number of carbonyl (C=O) groups is 2. The number of amides is 1. The predicted molar refractivity (Wildman–Crippen MR) is 94.3 cm³/mol. The number of ether oxygens (including phenoxy) is 1. The second kappa shape index (κ2) is 7.70. The van der Waals surface area contributed by atoms with Gasteiger partial charge >= 0.3 is 5.97 Å². The molecule has 0 spiro atoms. The van der Waals surface area contributed by atoms with Crippen LogP contribution >= 0.6 is 23.6 Å². The zero-order valence-electron chi connectivity index (χ0n) is 12.5. The maximum atomic E-state index is 11.9. The van der Waals surface area contributed by atoms with Crippen molar-refractivity contribution in [3.8, 4) is 10.4 Å². The lowest BCUT2D eigenvalue weighted by atomic mass is 10.1. The Bertz CT molecular complexity index is 729. The summed E-state index contributed by atoms with van der Waals surface area (Å²) < 4.78 is 4.80. The minimum atomic E-state index is -0.465. The van der Waals surface area contributed by atoms with Crippen molar-refractivity contribution in [2.45, 2.75) is 6.92 Å². The number of carbonyl (C=O) groups excluding carboxylic acids is 2. The van der Waals surface area contributed by atoms with Crippen LogP contribution in [-0.2, 0) is 9.53 Å². The third-order valence-corrected chi connectivity index (χ3v) is 4.08. The van der Waals surface area contributed by atoms with Gasteiger partial charge in [-0.05, 0) is 23.8 Å². The molecule has 8 heteroatoms. The van der Waals surface area contributed by atoms with Gasteiger partial charge in [0.05, 0.1) is 12.7 Å². The van der Waals surface area contributed by atoms with E-state index in [1.165, 1.54) is 25.4 Å². The number of rotatable bonds is 3. The Kier molecular flexibility index (Phi) is 5.67. The number of thiocarbonyl (C=S) groups is 1. The maximum absolute atomic E-state index is 11.9. The van der Waals surface area contributed by atoms with Gasteiger partial charge in [-0.25, -0.2) is 4.79 Å². The molecule has 0 radical (unpaired) electrons. The fraction of sp³-hybridized carbons (Fsp3) is 0.133. The van der Waals surface area contributed by atoms with Gasteiger partial charge in [0.1, 0.15) is 5.00 Å². The van der Waals surface area contributed by atoms with Crippen LogP contribution in [0.25, 0.3) is 10.4 Å². The van der Waals surface area contributed by atoms with E-state index in [4.69, 9.17) is 17.0 Å². The summed E-state index contributed by atoms with van der Waals surface area (Å²) in [6.07, 6.45) is 0. The molecule has 1 amide bonds. The van der Waals surface area contributed by atoms with Crippen molar-refractivity contribution >= 4 is 45.5 Å². The Morgan fingerprint density at radius 3 is 2.48 bits per heavy atom. The number of nitrogens with one attached hydrogen (secondary N) is 3. The van der Waals surface area contributed by atoms with Crippen LogP contribution in [0.5, 0.6) is 0 Å². The van der Waals surface area contributed by atoms with E-state index in [2.05, 4.69) is 16.2 Å². The summed E-state index contributed by atoms with van der Waals surface area (Å²) >= 11 is 6.45. The summed E-state index contributed by atoms with van der Waals surface area (Å²) in [6.45, 7) is 1.36. The van der Waals surface area contributed by atoms with Gasteiger partial charge in [0.2, 0.25) is 5.91 Å². The predicted octanol–water partition coefficient (Wildman–Crippen LogP) is 2.54. The minimum absolute atomic E-state index is 0.173. The van der Waals surface area contributed by atoms with E-state index in [0.29, 0.717) is 10.6 Å². The molecule has 6 nitrogen and oxygen atoms in total. The number of benzene rings is 1. The van der Waals surface area contributed by atoms with Crippen LogP contribution in [0.2, 0.25) is 0 Å². The molecule has 23 heavy (non-hydrogen) atoms. The van der Waals surface area contributed by atoms with Crippen molar-refractivity contribution in [2.24, 2.45) is 0 Å². The molecule has 0 aliphatic carbocycles. The van der Waals surface area contributed by atoms with Crippen LogP contribution in [0.15, 0.2) is 36.4 Å². The Morgan fingerprint density at radius 2 is 1.87 bits per heavy atom. The number of methoxy groups -OCH3 is 1. The third-order valence-electron chi connectivity index (χ3n) is 2.77. The van der Waals surface area contributed by atoms with Crippen molar-refractivity contribution in [3.63, 3.8) is 0 Å². The molecular weight excluding hydrogens is 334 g/mol. The van der Waals surface area contributed by atoms with Gasteiger partial charge in [-0.2, -0.15) is 0 Å². The van der Waals surface area contributed by atoms with Gasteiger partial charge in [0, 0.05) is 11.8 Å². The van der Waals surface area contributed by atoms with Crippen LogP contribution in [0, 0.1) is 0 Å². The molecule has 0 saturated heterocycles. The highest BCUT2D eigenvalue weighted by atomic mass is 32.1. The van der Waals surface area contributed by atoms with Crippen molar-refractivity contribution in [1.82, 2.24) is 10.9 Å². The van der Waals surface area contributed by atoms with Crippen LogP contribution in [0.3, 0.4) is 0 Å². The fourth-order valence-electron chi connectivity index (χ4n) is 1.77. The van der Waals surface area contributed by atoms with Gasteiger partial charge < -0.3 is 10.1 Å². The van der Waals surface area contributed by atoms with E-state index in [9.17, 15) is 9.59 Å². The zero-order chi connectivity index (χ0) is 16.8. The van der Waals surface area contributed by atoms with Crippen LogP contribution in [-0.4, -0.2) is 24.1 Å². The average Bonchev–Trinajstić information content (AvgIpc) is 2.97. The van der Waals surface area contributed by atoms with Crippen molar-refractivity contribution in [1.29, 1.82) is 0 Å². The SMILES string of the molecule is COC(=O)c1cc(-c2ccccc2)sc1NC(=S)NNC(C)=O. The first-order chi connectivity index (χ1) is 11.0. The molecule has 0 saturated carbocycles. The highest BCUT2D eigenvalue weighted by Crippen LogP contribution is 2.35. The molecule has 120 valence electrons. The monoisotopic (exact) mass is 349 g/mol. The Morgan fingerprint density at radius 1 is 1.17 bits per heavy atom. The number of anilines is 1. The molecule has 1 aromatic heterocycles. The first-order valence-corrected chi connectivity index (χ1v) is 7.85.